The predicted octanol–water partition coefficient (Wildman–Crippen LogP) is 2.18. The average molecular weight is 241 g/mol. The van der Waals surface area contributed by atoms with Crippen molar-refractivity contribution in [2.75, 3.05) is 0 Å². The van der Waals surface area contributed by atoms with E-state index in [9.17, 15) is 9.59 Å². The van der Waals surface area contributed by atoms with Crippen LogP contribution >= 0.6 is 0 Å². The highest BCUT2D eigenvalue weighted by Gasteiger charge is 2.27. The highest BCUT2D eigenvalue weighted by Crippen LogP contribution is 2.23. The Hall–Kier alpha value is -1.06. The van der Waals surface area contributed by atoms with Gasteiger partial charge in [-0.05, 0) is 18.8 Å². The molecule has 0 saturated heterocycles. The Morgan fingerprint density at radius 2 is 1.65 bits per heavy atom. The van der Waals surface area contributed by atoms with Gasteiger partial charge in [0.25, 0.3) is 0 Å². The van der Waals surface area contributed by atoms with Gasteiger partial charge in [0.1, 0.15) is 6.04 Å². The van der Waals surface area contributed by atoms with Crippen molar-refractivity contribution in [3.8, 4) is 0 Å². The van der Waals surface area contributed by atoms with Crippen LogP contribution in [0.4, 0.5) is 0 Å². The highest BCUT2D eigenvalue weighted by molar-refractivity contribution is 5.85. The Balaban J connectivity index is 2.53. The quantitative estimate of drug-likeness (QED) is 0.741. The van der Waals surface area contributed by atoms with Gasteiger partial charge in [-0.1, -0.05) is 39.5 Å². The third-order valence-corrected chi connectivity index (χ3v) is 3.46. The first-order chi connectivity index (χ1) is 8.02. The van der Waals surface area contributed by atoms with Crippen molar-refractivity contribution in [3.63, 3.8) is 0 Å². The molecule has 1 aliphatic carbocycles. The van der Waals surface area contributed by atoms with Gasteiger partial charge in [-0.3, -0.25) is 4.79 Å². The van der Waals surface area contributed by atoms with Gasteiger partial charge in [0.15, 0.2) is 0 Å². The van der Waals surface area contributed by atoms with Gasteiger partial charge in [0.2, 0.25) is 5.91 Å². The van der Waals surface area contributed by atoms with E-state index in [2.05, 4.69) is 5.32 Å². The summed E-state index contributed by atoms with van der Waals surface area (Å²) in [5.74, 6) is -1.09. The molecule has 0 radical (unpaired) electrons. The second kappa shape index (κ2) is 6.62. The molecule has 0 heterocycles. The number of rotatable bonds is 4. The summed E-state index contributed by atoms with van der Waals surface area (Å²) < 4.78 is 0. The maximum Gasteiger partial charge on any atom is 0.326 e. The summed E-state index contributed by atoms with van der Waals surface area (Å²) in [7, 11) is 0. The van der Waals surface area contributed by atoms with Crippen LogP contribution in [0, 0.1) is 11.8 Å². The molecule has 0 unspecified atom stereocenters. The Morgan fingerprint density at radius 1 is 1.12 bits per heavy atom. The zero-order valence-corrected chi connectivity index (χ0v) is 10.7. The SMILES string of the molecule is CC(C)[C@H](NC(=O)C1CCCCCC1)C(=O)O. The van der Waals surface area contributed by atoms with Gasteiger partial charge in [0, 0.05) is 5.92 Å². The summed E-state index contributed by atoms with van der Waals surface area (Å²) >= 11 is 0. The van der Waals surface area contributed by atoms with Crippen molar-refractivity contribution in [1.82, 2.24) is 5.32 Å². The number of hydrogen-bond acceptors (Lipinski definition) is 2. The first-order valence-corrected chi connectivity index (χ1v) is 6.55. The van der Waals surface area contributed by atoms with Crippen LogP contribution in [0.15, 0.2) is 0 Å². The van der Waals surface area contributed by atoms with Crippen molar-refractivity contribution in [2.24, 2.45) is 11.8 Å². The maximum atomic E-state index is 12.0. The second-order valence-electron chi connectivity index (χ2n) is 5.26. The van der Waals surface area contributed by atoms with Crippen LogP contribution in [0.3, 0.4) is 0 Å². The van der Waals surface area contributed by atoms with Crippen molar-refractivity contribution in [2.45, 2.75) is 58.4 Å². The molecule has 98 valence electrons. The van der Waals surface area contributed by atoms with Crippen LogP contribution in [0.5, 0.6) is 0 Å². The van der Waals surface area contributed by atoms with Gasteiger partial charge in [-0.2, -0.15) is 0 Å². The second-order valence-corrected chi connectivity index (χ2v) is 5.26. The topological polar surface area (TPSA) is 66.4 Å². The fourth-order valence-corrected chi connectivity index (χ4v) is 2.33. The average Bonchev–Trinajstić information content (AvgIpc) is 2.52. The molecular weight excluding hydrogens is 218 g/mol. The Morgan fingerprint density at radius 3 is 2.06 bits per heavy atom. The Bertz CT molecular complexity index is 268. The molecule has 1 aliphatic rings. The van der Waals surface area contributed by atoms with Crippen LogP contribution in [-0.2, 0) is 9.59 Å². The van der Waals surface area contributed by atoms with E-state index in [1.807, 2.05) is 13.8 Å². The Labute approximate surface area is 103 Å². The van der Waals surface area contributed by atoms with E-state index >= 15 is 0 Å². The minimum atomic E-state index is -0.943. The zero-order chi connectivity index (χ0) is 12.8. The normalized spacial score (nSPS) is 19.7. The lowest BCUT2D eigenvalue weighted by Crippen LogP contribution is -2.46. The molecule has 1 atom stereocenters. The van der Waals surface area contributed by atoms with Gasteiger partial charge < -0.3 is 10.4 Å². The number of carbonyl (C=O) groups excluding carboxylic acids is 1. The van der Waals surface area contributed by atoms with Gasteiger partial charge in [0.05, 0.1) is 0 Å². The first-order valence-electron chi connectivity index (χ1n) is 6.55. The molecule has 1 rings (SSSR count). The lowest BCUT2D eigenvalue weighted by molar-refractivity contribution is -0.143. The standard InChI is InChI=1S/C13H23NO3/c1-9(2)11(13(16)17)14-12(15)10-7-5-3-4-6-8-10/h9-11H,3-8H2,1-2H3,(H,14,15)(H,16,17)/t11-/m0/s1. The maximum absolute atomic E-state index is 12.0. The predicted molar refractivity (Wildman–Crippen MR) is 65.6 cm³/mol. The number of hydrogen-bond donors (Lipinski definition) is 2. The summed E-state index contributed by atoms with van der Waals surface area (Å²) in [5, 5.41) is 11.7. The molecule has 0 bridgehead atoms. The van der Waals surface area contributed by atoms with Crippen molar-refractivity contribution < 1.29 is 14.7 Å². The van der Waals surface area contributed by atoms with E-state index in [1.54, 1.807) is 0 Å². The molecule has 2 N–H and O–H groups in total. The molecular formula is C13H23NO3. The van der Waals surface area contributed by atoms with Crippen molar-refractivity contribution in [1.29, 1.82) is 0 Å². The summed E-state index contributed by atoms with van der Waals surface area (Å²) in [6, 6.07) is -0.759. The van der Waals surface area contributed by atoms with Crippen LogP contribution in [0.25, 0.3) is 0 Å². The monoisotopic (exact) mass is 241 g/mol. The van der Waals surface area contributed by atoms with E-state index in [1.165, 1.54) is 12.8 Å². The third-order valence-electron chi connectivity index (χ3n) is 3.46. The largest absolute Gasteiger partial charge is 0.480 e. The highest BCUT2D eigenvalue weighted by atomic mass is 16.4. The lowest BCUT2D eigenvalue weighted by Gasteiger charge is -2.21. The molecule has 1 fully saturated rings. The fraction of sp³-hybridized carbons (Fsp3) is 0.846. The number of carbonyl (C=O) groups is 2. The van der Waals surface area contributed by atoms with Crippen molar-refractivity contribution in [3.05, 3.63) is 0 Å². The van der Waals surface area contributed by atoms with E-state index in [0.717, 1.165) is 25.7 Å². The molecule has 1 amide bonds. The molecule has 17 heavy (non-hydrogen) atoms. The number of nitrogens with one attached hydrogen (secondary N) is 1. The molecule has 0 aromatic rings. The van der Waals surface area contributed by atoms with Gasteiger partial charge in [-0.15, -0.1) is 0 Å². The summed E-state index contributed by atoms with van der Waals surface area (Å²) in [4.78, 5) is 23.0. The lowest BCUT2D eigenvalue weighted by atomic mass is 9.97. The molecule has 4 heteroatoms. The van der Waals surface area contributed by atoms with E-state index in [-0.39, 0.29) is 17.7 Å². The van der Waals surface area contributed by atoms with E-state index in [0.29, 0.717) is 0 Å². The molecule has 0 aromatic carbocycles. The number of carboxylic acids is 1. The van der Waals surface area contributed by atoms with Crippen LogP contribution in [-0.4, -0.2) is 23.0 Å². The minimum absolute atomic E-state index is 0.0121. The van der Waals surface area contributed by atoms with Gasteiger partial charge >= 0.3 is 5.97 Å². The zero-order valence-electron chi connectivity index (χ0n) is 10.7. The smallest absolute Gasteiger partial charge is 0.326 e. The molecule has 1 saturated carbocycles. The number of amides is 1. The number of carboxylic acid groups (broad SMARTS) is 1. The molecule has 0 spiro atoms. The molecule has 0 aliphatic heterocycles. The summed E-state index contributed by atoms with van der Waals surface area (Å²) in [5.41, 5.74) is 0. The molecule has 4 nitrogen and oxygen atoms in total. The fourth-order valence-electron chi connectivity index (χ4n) is 2.33. The van der Waals surface area contributed by atoms with Crippen LogP contribution in [0.2, 0.25) is 0 Å². The van der Waals surface area contributed by atoms with Crippen LogP contribution < -0.4 is 5.32 Å². The first kappa shape index (κ1) is 14.0. The summed E-state index contributed by atoms with van der Waals surface area (Å²) in [6.45, 7) is 3.62. The summed E-state index contributed by atoms with van der Waals surface area (Å²) in [6.07, 6.45) is 6.34. The minimum Gasteiger partial charge on any atom is -0.480 e. The number of aliphatic carboxylic acids is 1. The van der Waals surface area contributed by atoms with E-state index in [4.69, 9.17) is 5.11 Å². The third kappa shape index (κ3) is 4.36. The van der Waals surface area contributed by atoms with Gasteiger partial charge in [-0.25, -0.2) is 4.79 Å². The molecule has 0 aromatic heterocycles. The van der Waals surface area contributed by atoms with Crippen LogP contribution in [0.1, 0.15) is 52.4 Å². The van der Waals surface area contributed by atoms with E-state index < -0.39 is 12.0 Å². The van der Waals surface area contributed by atoms with Crippen molar-refractivity contribution >= 4 is 11.9 Å². The Kier molecular flexibility index (Phi) is 5.45.